The van der Waals surface area contributed by atoms with E-state index in [1.54, 1.807) is 11.8 Å². The molecule has 1 saturated heterocycles. The van der Waals surface area contributed by atoms with Crippen molar-refractivity contribution in [3.63, 3.8) is 0 Å². The van der Waals surface area contributed by atoms with Gasteiger partial charge in [0.25, 0.3) is 0 Å². The molecule has 0 aromatic rings. The topological polar surface area (TPSA) is 49.4 Å². The van der Waals surface area contributed by atoms with Crippen LogP contribution >= 0.6 is 11.8 Å². The molecule has 1 saturated carbocycles. The standard InChI is InChI=1S/C12H20N2O2S/c1-3-9-12(16)14(6-7-17-2)10(8-4-5-8)11(15)13-9/h8-10H,3-7H2,1-2H3,(H,13,15). The van der Waals surface area contributed by atoms with E-state index in [1.165, 1.54) is 0 Å². The second-order valence-corrected chi connectivity index (χ2v) is 5.76. The van der Waals surface area contributed by atoms with Crippen molar-refractivity contribution in [3.05, 3.63) is 0 Å². The Morgan fingerprint density at radius 3 is 2.65 bits per heavy atom. The van der Waals surface area contributed by atoms with Crippen molar-refractivity contribution in [2.75, 3.05) is 18.6 Å². The van der Waals surface area contributed by atoms with Gasteiger partial charge in [0.05, 0.1) is 0 Å². The molecule has 0 aromatic carbocycles. The Hall–Kier alpha value is -0.710. The monoisotopic (exact) mass is 256 g/mol. The van der Waals surface area contributed by atoms with Gasteiger partial charge in [-0.3, -0.25) is 9.59 Å². The zero-order valence-corrected chi connectivity index (χ0v) is 11.3. The second-order valence-electron chi connectivity index (χ2n) is 4.78. The quantitative estimate of drug-likeness (QED) is 0.794. The molecule has 0 spiro atoms. The number of hydrogen-bond acceptors (Lipinski definition) is 3. The Labute approximate surface area is 106 Å². The number of rotatable bonds is 5. The van der Waals surface area contributed by atoms with Gasteiger partial charge in [0.1, 0.15) is 12.1 Å². The van der Waals surface area contributed by atoms with Crippen LogP contribution in [0, 0.1) is 5.92 Å². The van der Waals surface area contributed by atoms with E-state index in [0.29, 0.717) is 18.9 Å². The molecule has 0 radical (unpaired) electrons. The van der Waals surface area contributed by atoms with Crippen molar-refractivity contribution < 1.29 is 9.59 Å². The molecule has 5 heteroatoms. The van der Waals surface area contributed by atoms with Gasteiger partial charge >= 0.3 is 0 Å². The molecule has 1 N–H and O–H groups in total. The molecular formula is C12H20N2O2S. The fourth-order valence-corrected chi connectivity index (χ4v) is 2.77. The average Bonchev–Trinajstić information content (AvgIpc) is 3.13. The second kappa shape index (κ2) is 5.29. The van der Waals surface area contributed by atoms with Crippen LogP contribution in [-0.4, -0.2) is 47.4 Å². The molecule has 0 bridgehead atoms. The van der Waals surface area contributed by atoms with Gasteiger partial charge < -0.3 is 10.2 Å². The van der Waals surface area contributed by atoms with Crippen LogP contribution in [0.1, 0.15) is 26.2 Å². The van der Waals surface area contributed by atoms with Crippen LogP contribution in [0.2, 0.25) is 0 Å². The summed E-state index contributed by atoms with van der Waals surface area (Å²) in [5, 5.41) is 2.86. The molecule has 2 aliphatic rings. The van der Waals surface area contributed by atoms with Crippen molar-refractivity contribution in [3.8, 4) is 0 Å². The van der Waals surface area contributed by atoms with Crippen molar-refractivity contribution >= 4 is 23.6 Å². The number of amides is 2. The normalized spacial score (nSPS) is 29.4. The highest BCUT2D eigenvalue weighted by Gasteiger charge is 2.46. The zero-order chi connectivity index (χ0) is 12.4. The smallest absolute Gasteiger partial charge is 0.245 e. The molecule has 2 rings (SSSR count). The Morgan fingerprint density at radius 2 is 2.12 bits per heavy atom. The predicted octanol–water partition coefficient (Wildman–Crippen LogP) is 0.865. The van der Waals surface area contributed by atoms with Crippen LogP contribution in [0.15, 0.2) is 0 Å². The predicted molar refractivity (Wildman–Crippen MR) is 68.8 cm³/mol. The van der Waals surface area contributed by atoms with Crippen molar-refractivity contribution in [2.24, 2.45) is 5.92 Å². The molecule has 0 aromatic heterocycles. The van der Waals surface area contributed by atoms with Gasteiger partial charge in [-0.25, -0.2) is 0 Å². The van der Waals surface area contributed by atoms with E-state index in [1.807, 2.05) is 18.1 Å². The highest BCUT2D eigenvalue weighted by Crippen LogP contribution is 2.37. The van der Waals surface area contributed by atoms with Crippen molar-refractivity contribution in [2.45, 2.75) is 38.3 Å². The molecule has 2 amide bonds. The number of nitrogens with one attached hydrogen (secondary N) is 1. The van der Waals surface area contributed by atoms with E-state index < -0.39 is 0 Å². The summed E-state index contributed by atoms with van der Waals surface area (Å²) in [7, 11) is 0. The molecule has 4 nitrogen and oxygen atoms in total. The lowest BCUT2D eigenvalue weighted by Gasteiger charge is -2.39. The summed E-state index contributed by atoms with van der Waals surface area (Å²) in [6.45, 7) is 2.64. The zero-order valence-electron chi connectivity index (χ0n) is 10.4. The minimum Gasteiger partial charge on any atom is -0.343 e. The molecule has 1 heterocycles. The lowest BCUT2D eigenvalue weighted by Crippen LogP contribution is -2.64. The summed E-state index contributed by atoms with van der Waals surface area (Å²) in [4.78, 5) is 26.1. The van der Waals surface area contributed by atoms with Gasteiger partial charge in [0.15, 0.2) is 0 Å². The first kappa shape index (κ1) is 12.7. The molecule has 17 heavy (non-hydrogen) atoms. The van der Waals surface area contributed by atoms with Crippen LogP contribution in [0.25, 0.3) is 0 Å². The van der Waals surface area contributed by atoms with Crippen LogP contribution in [0.5, 0.6) is 0 Å². The summed E-state index contributed by atoms with van der Waals surface area (Å²) in [5.74, 6) is 1.47. The Morgan fingerprint density at radius 1 is 1.41 bits per heavy atom. The molecule has 1 aliphatic heterocycles. The maximum absolute atomic E-state index is 12.3. The van der Waals surface area contributed by atoms with E-state index in [2.05, 4.69) is 5.32 Å². The number of hydrogen-bond donors (Lipinski definition) is 1. The van der Waals surface area contributed by atoms with Gasteiger partial charge in [-0.2, -0.15) is 11.8 Å². The molecule has 1 aliphatic carbocycles. The van der Waals surface area contributed by atoms with Crippen LogP contribution < -0.4 is 5.32 Å². The fourth-order valence-electron chi connectivity index (χ4n) is 2.39. The summed E-state index contributed by atoms with van der Waals surface area (Å²) in [5.41, 5.74) is 0. The number of carbonyl (C=O) groups excluding carboxylic acids is 2. The maximum atomic E-state index is 12.3. The molecular weight excluding hydrogens is 236 g/mol. The lowest BCUT2D eigenvalue weighted by atomic mass is 10.0. The van der Waals surface area contributed by atoms with Crippen LogP contribution in [0.3, 0.4) is 0 Å². The summed E-state index contributed by atoms with van der Waals surface area (Å²) < 4.78 is 0. The molecule has 2 atom stereocenters. The number of thioether (sulfide) groups is 1. The third-order valence-electron chi connectivity index (χ3n) is 3.52. The van der Waals surface area contributed by atoms with E-state index in [4.69, 9.17) is 0 Å². The summed E-state index contributed by atoms with van der Waals surface area (Å²) >= 11 is 1.72. The highest BCUT2D eigenvalue weighted by molar-refractivity contribution is 7.98. The van der Waals surface area contributed by atoms with E-state index in [0.717, 1.165) is 18.6 Å². The largest absolute Gasteiger partial charge is 0.343 e. The van der Waals surface area contributed by atoms with Gasteiger partial charge in [-0.05, 0) is 31.4 Å². The van der Waals surface area contributed by atoms with Crippen molar-refractivity contribution in [1.29, 1.82) is 0 Å². The maximum Gasteiger partial charge on any atom is 0.245 e. The van der Waals surface area contributed by atoms with Gasteiger partial charge in [-0.15, -0.1) is 0 Å². The minimum atomic E-state index is -0.306. The summed E-state index contributed by atoms with van der Waals surface area (Å²) in [6, 6.07) is -0.503. The average molecular weight is 256 g/mol. The number of piperazine rings is 1. The number of carbonyl (C=O) groups is 2. The Balaban J connectivity index is 2.12. The SMILES string of the molecule is CCC1NC(=O)C(C2CC2)N(CCSC)C1=O. The van der Waals surface area contributed by atoms with Gasteiger partial charge in [-0.1, -0.05) is 6.92 Å². The fraction of sp³-hybridized carbons (Fsp3) is 0.833. The van der Waals surface area contributed by atoms with Gasteiger partial charge in [0, 0.05) is 12.3 Å². The Bertz CT molecular complexity index is 318. The Kier molecular flexibility index (Phi) is 3.97. The molecule has 96 valence electrons. The van der Waals surface area contributed by atoms with E-state index in [-0.39, 0.29) is 23.9 Å². The lowest BCUT2D eigenvalue weighted by molar-refractivity contribution is -0.150. The molecule has 2 fully saturated rings. The van der Waals surface area contributed by atoms with E-state index >= 15 is 0 Å². The summed E-state index contributed by atoms with van der Waals surface area (Å²) in [6.07, 6.45) is 4.87. The van der Waals surface area contributed by atoms with Crippen LogP contribution in [0.4, 0.5) is 0 Å². The first-order valence-electron chi connectivity index (χ1n) is 6.28. The number of nitrogens with zero attached hydrogens (tertiary/aromatic N) is 1. The molecule has 2 unspecified atom stereocenters. The third-order valence-corrected chi connectivity index (χ3v) is 4.11. The third kappa shape index (κ3) is 2.59. The first-order valence-corrected chi connectivity index (χ1v) is 7.68. The highest BCUT2D eigenvalue weighted by atomic mass is 32.2. The first-order chi connectivity index (χ1) is 8.19. The van der Waals surface area contributed by atoms with Crippen LogP contribution in [-0.2, 0) is 9.59 Å². The van der Waals surface area contributed by atoms with Gasteiger partial charge in [0.2, 0.25) is 11.8 Å². The van der Waals surface area contributed by atoms with Crippen molar-refractivity contribution in [1.82, 2.24) is 10.2 Å². The minimum absolute atomic E-state index is 0.0556. The van der Waals surface area contributed by atoms with E-state index in [9.17, 15) is 9.59 Å².